The highest BCUT2D eigenvalue weighted by molar-refractivity contribution is 6.33. The number of hydrogen-bond donors (Lipinski definition) is 1. The fourth-order valence-corrected chi connectivity index (χ4v) is 2.09. The summed E-state index contributed by atoms with van der Waals surface area (Å²) >= 11 is 6.03. The van der Waals surface area contributed by atoms with Crippen molar-refractivity contribution in [1.82, 2.24) is 15.0 Å². The summed E-state index contributed by atoms with van der Waals surface area (Å²) in [6, 6.07) is 12.2. The first kappa shape index (κ1) is 14.2. The van der Waals surface area contributed by atoms with Crippen LogP contribution in [0.1, 0.15) is 10.5 Å². The number of amides is 1. The van der Waals surface area contributed by atoms with Gasteiger partial charge in [-0.1, -0.05) is 29.8 Å². The van der Waals surface area contributed by atoms with Crippen LogP contribution in [0.5, 0.6) is 0 Å². The van der Waals surface area contributed by atoms with Crippen LogP contribution >= 0.6 is 11.6 Å². The van der Waals surface area contributed by atoms with Crippen molar-refractivity contribution in [3.05, 3.63) is 71.9 Å². The average Bonchev–Trinajstić information content (AvgIpc) is 2.58. The predicted molar refractivity (Wildman–Crippen MR) is 84.7 cm³/mol. The first-order valence-corrected chi connectivity index (χ1v) is 6.90. The van der Waals surface area contributed by atoms with E-state index in [-0.39, 0.29) is 5.91 Å². The van der Waals surface area contributed by atoms with Crippen molar-refractivity contribution < 1.29 is 4.79 Å². The van der Waals surface area contributed by atoms with Gasteiger partial charge in [0.05, 0.1) is 16.4 Å². The van der Waals surface area contributed by atoms with E-state index in [2.05, 4.69) is 20.3 Å². The number of carbonyl (C=O) groups excluding carboxylic acids is 1. The molecule has 108 valence electrons. The van der Waals surface area contributed by atoms with Crippen molar-refractivity contribution in [2.75, 3.05) is 5.32 Å². The van der Waals surface area contributed by atoms with Crippen molar-refractivity contribution in [1.29, 1.82) is 0 Å². The van der Waals surface area contributed by atoms with Crippen LogP contribution in [0.15, 0.2) is 61.2 Å². The third kappa shape index (κ3) is 3.10. The number of rotatable bonds is 3. The Kier molecular flexibility index (Phi) is 4.07. The lowest BCUT2D eigenvalue weighted by Gasteiger charge is -2.07. The molecular weight excluding hydrogens is 300 g/mol. The molecule has 0 saturated carbocycles. The fraction of sp³-hybridized carbons (Fsp3) is 0. The van der Waals surface area contributed by atoms with Gasteiger partial charge in [-0.05, 0) is 24.3 Å². The number of benzene rings is 1. The van der Waals surface area contributed by atoms with Crippen LogP contribution in [-0.2, 0) is 0 Å². The summed E-state index contributed by atoms with van der Waals surface area (Å²) in [7, 11) is 0. The normalized spacial score (nSPS) is 10.2. The topological polar surface area (TPSA) is 67.8 Å². The van der Waals surface area contributed by atoms with Crippen molar-refractivity contribution in [2.45, 2.75) is 0 Å². The van der Waals surface area contributed by atoms with Crippen LogP contribution in [0.2, 0.25) is 5.02 Å². The summed E-state index contributed by atoms with van der Waals surface area (Å²) in [5, 5.41) is 3.22. The molecule has 0 unspecified atom stereocenters. The minimum atomic E-state index is -0.327. The molecule has 0 aliphatic heterocycles. The molecule has 0 saturated heterocycles. The highest BCUT2D eigenvalue weighted by Crippen LogP contribution is 2.21. The first-order chi connectivity index (χ1) is 10.7. The van der Waals surface area contributed by atoms with Gasteiger partial charge in [0.15, 0.2) is 0 Å². The second-order valence-corrected chi connectivity index (χ2v) is 4.88. The molecule has 0 aliphatic rings. The second kappa shape index (κ2) is 6.32. The number of para-hydroxylation sites is 1. The van der Waals surface area contributed by atoms with Gasteiger partial charge in [-0.25, -0.2) is 15.0 Å². The molecule has 0 fully saturated rings. The van der Waals surface area contributed by atoms with Gasteiger partial charge in [0, 0.05) is 18.0 Å². The Balaban J connectivity index is 1.86. The Morgan fingerprint density at radius 2 is 1.77 bits per heavy atom. The van der Waals surface area contributed by atoms with Crippen LogP contribution in [0, 0.1) is 0 Å². The van der Waals surface area contributed by atoms with E-state index in [0.717, 1.165) is 5.56 Å². The molecular formula is C16H11ClN4O. The lowest BCUT2D eigenvalue weighted by Crippen LogP contribution is -2.14. The third-order valence-corrected chi connectivity index (χ3v) is 3.29. The quantitative estimate of drug-likeness (QED) is 0.804. The van der Waals surface area contributed by atoms with Crippen molar-refractivity contribution in [3.8, 4) is 11.3 Å². The lowest BCUT2D eigenvalue weighted by atomic mass is 10.2. The zero-order valence-corrected chi connectivity index (χ0v) is 12.2. The highest BCUT2D eigenvalue weighted by atomic mass is 35.5. The fourth-order valence-electron chi connectivity index (χ4n) is 1.90. The number of aromatic nitrogens is 3. The Bertz CT molecular complexity index is 808. The molecule has 1 aromatic carbocycles. The molecule has 0 aliphatic carbocycles. The van der Waals surface area contributed by atoms with Crippen LogP contribution < -0.4 is 5.32 Å². The van der Waals surface area contributed by atoms with Crippen LogP contribution in [0.4, 0.5) is 5.69 Å². The van der Waals surface area contributed by atoms with E-state index in [4.69, 9.17) is 11.6 Å². The average molecular weight is 311 g/mol. The standard InChI is InChI=1S/C16H11ClN4O/c17-12-4-1-2-5-14(12)21-16(22)15-7-3-6-13(20-15)11-8-18-10-19-9-11/h1-10H,(H,21,22). The van der Waals surface area contributed by atoms with Crippen molar-refractivity contribution in [3.63, 3.8) is 0 Å². The van der Waals surface area contributed by atoms with E-state index in [1.807, 2.05) is 0 Å². The number of nitrogens with one attached hydrogen (secondary N) is 1. The van der Waals surface area contributed by atoms with Gasteiger partial charge in [0.25, 0.3) is 5.91 Å². The van der Waals surface area contributed by atoms with E-state index >= 15 is 0 Å². The summed E-state index contributed by atoms with van der Waals surface area (Å²) in [5.41, 5.74) is 2.22. The van der Waals surface area contributed by atoms with Crippen LogP contribution in [0.25, 0.3) is 11.3 Å². The molecule has 3 rings (SSSR count). The highest BCUT2D eigenvalue weighted by Gasteiger charge is 2.11. The number of nitrogens with zero attached hydrogens (tertiary/aromatic N) is 3. The van der Waals surface area contributed by atoms with Gasteiger partial charge in [-0.2, -0.15) is 0 Å². The summed E-state index contributed by atoms with van der Waals surface area (Å²) in [5.74, 6) is -0.327. The zero-order valence-electron chi connectivity index (χ0n) is 11.4. The molecule has 5 nitrogen and oxygen atoms in total. The monoisotopic (exact) mass is 310 g/mol. The SMILES string of the molecule is O=C(Nc1ccccc1Cl)c1cccc(-c2cncnc2)n1. The number of anilines is 1. The molecule has 1 amide bonds. The Hall–Kier alpha value is -2.79. The summed E-state index contributed by atoms with van der Waals surface area (Å²) in [6.45, 7) is 0. The molecule has 3 aromatic rings. The van der Waals surface area contributed by atoms with Gasteiger partial charge >= 0.3 is 0 Å². The summed E-state index contributed by atoms with van der Waals surface area (Å²) < 4.78 is 0. The molecule has 0 bridgehead atoms. The largest absolute Gasteiger partial charge is 0.319 e. The van der Waals surface area contributed by atoms with Gasteiger partial charge in [-0.3, -0.25) is 4.79 Å². The van der Waals surface area contributed by atoms with E-state index in [0.29, 0.717) is 22.1 Å². The van der Waals surface area contributed by atoms with E-state index in [1.165, 1.54) is 6.33 Å². The molecule has 1 N–H and O–H groups in total. The zero-order chi connectivity index (χ0) is 15.4. The van der Waals surface area contributed by atoms with E-state index in [9.17, 15) is 4.79 Å². The Morgan fingerprint density at radius 3 is 2.55 bits per heavy atom. The van der Waals surface area contributed by atoms with Crippen molar-refractivity contribution >= 4 is 23.2 Å². The van der Waals surface area contributed by atoms with Gasteiger partial charge in [0.2, 0.25) is 0 Å². The lowest BCUT2D eigenvalue weighted by molar-refractivity contribution is 0.102. The minimum absolute atomic E-state index is 0.293. The number of hydrogen-bond acceptors (Lipinski definition) is 4. The van der Waals surface area contributed by atoms with Crippen molar-refractivity contribution in [2.24, 2.45) is 0 Å². The number of pyridine rings is 1. The van der Waals surface area contributed by atoms with Crippen LogP contribution in [-0.4, -0.2) is 20.9 Å². The molecule has 0 atom stereocenters. The van der Waals surface area contributed by atoms with E-state index < -0.39 is 0 Å². The molecule has 22 heavy (non-hydrogen) atoms. The maximum Gasteiger partial charge on any atom is 0.274 e. The molecule has 2 aromatic heterocycles. The minimum Gasteiger partial charge on any atom is -0.319 e. The maximum absolute atomic E-state index is 12.3. The number of halogens is 1. The number of carbonyl (C=O) groups is 1. The second-order valence-electron chi connectivity index (χ2n) is 4.47. The summed E-state index contributed by atoms with van der Waals surface area (Å²) in [6.07, 6.45) is 4.73. The Morgan fingerprint density at radius 1 is 1.00 bits per heavy atom. The van der Waals surface area contributed by atoms with Crippen LogP contribution in [0.3, 0.4) is 0 Å². The Labute approximate surface area is 132 Å². The molecule has 0 radical (unpaired) electrons. The predicted octanol–water partition coefficient (Wildman–Crippen LogP) is 3.44. The third-order valence-electron chi connectivity index (χ3n) is 2.96. The van der Waals surface area contributed by atoms with E-state index in [1.54, 1.807) is 54.9 Å². The smallest absolute Gasteiger partial charge is 0.274 e. The first-order valence-electron chi connectivity index (χ1n) is 6.52. The van der Waals surface area contributed by atoms with Gasteiger partial charge in [0.1, 0.15) is 12.0 Å². The molecule has 2 heterocycles. The van der Waals surface area contributed by atoms with Gasteiger partial charge < -0.3 is 5.32 Å². The molecule has 0 spiro atoms. The molecule has 6 heteroatoms. The van der Waals surface area contributed by atoms with Gasteiger partial charge in [-0.15, -0.1) is 0 Å². The maximum atomic E-state index is 12.3. The summed E-state index contributed by atoms with van der Waals surface area (Å²) in [4.78, 5) is 24.5.